The van der Waals surface area contributed by atoms with Crippen LogP contribution in [0.3, 0.4) is 0 Å². The van der Waals surface area contributed by atoms with E-state index in [9.17, 15) is 4.79 Å². The highest BCUT2D eigenvalue weighted by atomic mass is 16.1. The summed E-state index contributed by atoms with van der Waals surface area (Å²) >= 11 is 0. The van der Waals surface area contributed by atoms with Crippen LogP contribution in [-0.2, 0) is 0 Å². The number of carbonyl (C=O) groups excluding carboxylic acids is 1. The van der Waals surface area contributed by atoms with Gasteiger partial charge in [0.15, 0.2) is 0 Å². The molecule has 0 unspecified atom stereocenters. The lowest BCUT2D eigenvalue weighted by Gasteiger charge is -2.09. The van der Waals surface area contributed by atoms with Crippen LogP contribution in [0.2, 0.25) is 0 Å². The van der Waals surface area contributed by atoms with Crippen molar-refractivity contribution in [2.75, 3.05) is 0 Å². The zero-order valence-corrected chi connectivity index (χ0v) is 11.8. The van der Waals surface area contributed by atoms with Gasteiger partial charge in [0, 0.05) is 11.6 Å². The lowest BCUT2D eigenvalue weighted by molar-refractivity contribution is 0.100. The van der Waals surface area contributed by atoms with E-state index >= 15 is 0 Å². The van der Waals surface area contributed by atoms with Crippen molar-refractivity contribution in [2.24, 2.45) is 5.73 Å². The highest BCUT2D eigenvalue weighted by Gasteiger charge is 2.12. The second-order valence-electron chi connectivity index (χ2n) is 5.36. The minimum Gasteiger partial charge on any atom is -0.366 e. The predicted octanol–water partition coefficient (Wildman–Crippen LogP) is 4.09. The number of hydrogen-bond donors (Lipinski definition) is 2. The largest absolute Gasteiger partial charge is 0.366 e. The molecule has 3 heteroatoms. The lowest BCUT2D eigenvalue weighted by Crippen LogP contribution is -2.11. The van der Waals surface area contributed by atoms with Gasteiger partial charge in [0.1, 0.15) is 0 Å². The first kappa shape index (κ1) is 12.7. The summed E-state index contributed by atoms with van der Waals surface area (Å²) in [5.74, 6) is -0.422. The van der Waals surface area contributed by atoms with Crippen LogP contribution < -0.4 is 5.73 Å². The van der Waals surface area contributed by atoms with Crippen LogP contribution in [0.4, 0.5) is 0 Å². The Bertz CT molecular complexity index is 1010. The molecule has 22 heavy (non-hydrogen) atoms. The Hall–Kier alpha value is -3.07. The van der Waals surface area contributed by atoms with Gasteiger partial charge < -0.3 is 10.7 Å². The van der Waals surface area contributed by atoms with E-state index in [1.165, 1.54) is 5.39 Å². The molecule has 1 heterocycles. The van der Waals surface area contributed by atoms with Gasteiger partial charge in [-0.05, 0) is 40.1 Å². The Labute approximate surface area is 127 Å². The number of nitrogens with two attached hydrogens (primary N) is 1. The zero-order chi connectivity index (χ0) is 15.1. The lowest BCUT2D eigenvalue weighted by atomic mass is 9.95. The van der Waals surface area contributed by atoms with E-state index in [0.29, 0.717) is 5.56 Å². The normalized spacial score (nSPS) is 11.1. The van der Waals surface area contributed by atoms with Crippen molar-refractivity contribution >= 4 is 27.6 Å². The first-order valence-electron chi connectivity index (χ1n) is 7.13. The molecule has 4 rings (SSSR count). The van der Waals surface area contributed by atoms with Gasteiger partial charge in [-0.1, -0.05) is 42.5 Å². The molecular weight excluding hydrogens is 272 g/mol. The van der Waals surface area contributed by atoms with Crippen LogP contribution in [0, 0.1) is 0 Å². The van der Waals surface area contributed by atoms with E-state index in [4.69, 9.17) is 5.73 Å². The molecular formula is C19H14N2O. The fraction of sp³-hybridized carbons (Fsp3) is 0. The third-order valence-corrected chi connectivity index (χ3v) is 4.03. The van der Waals surface area contributed by atoms with E-state index in [2.05, 4.69) is 35.3 Å². The number of H-pyrrole nitrogens is 1. The molecule has 0 aliphatic rings. The molecule has 0 saturated heterocycles. The first-order valence-corrected chi connectivity index (χ1v) is 7.13. The molecule has 0 atom stereocenters. The molecule has 0 bridgehead atoms. The van der Waals surface area contributed by atoms with Gasteiger partial charge in [-0.3, -0.25) is 4.79 Å². The van der Waals surface area contributed by atoms with Crippen molar-refractivity contribution in [3.63, 3.8) is 0 Å². The van der Waals surface area contributed by atoms with Crippen molar-refractivity contribution in [3.8, 4) is 11.1 Å². The smallest absolute Gasteiger partial charge is 0.250 e. The summed E-state index contributed by atoms with van der Waals surface area (Å²) in [4.78, 5) is 14.8. The number of carbonyl (C=O) groups is 1. The number of aromatic nitrogens is 1. The maximum atomic E-state index is 11.8. The molecule has 0 saturated carbocycles. The molecule has 0 aliphatic carbocycles. The van der Waals surface area contributed by atoms with Crippen molar-refractivity contribution < 1.29 is 4.79 Å². The van der Waals surface area contributed by atoms with Gasteiger partial charge in [-0.15, -0.1) is 0 Å². The van der Waals surface area contributed by atoms with Crippen molar-refractivity contribution in [1.29, 1.82) is 0 Å². The molecule has 1 amide bonds. The van der Waals surface area contributed by atoms with E-state index in [1.807, 2.05) is 36.5 Å². The molecule has 4 aromatic rings. The molecule has 1 aromatic heterocycles. The van der Waals surface area contributed by atoms with E-state index < -0.39 is 5.91 Å². The van der Waals surface area contributed by atoms with Crippen molar-refractivity contribution in [3.05, 3.63) is 72.4 Å². The Kier molecular flexibility index (Phi) is 2.73. The molecule has 3 nitrogen and oxygen atoms in total. The topological polar surface area (TPSA) is 58.9 Å². The Morgan fingerprint density at radius 2 is 1.73 bits per heavy atom. The van der Waals surface area contributed by atoms with Crippen LogP contribution in [0.25, 0.3) is 32.8 Å². The second-order valence-corrected chi connectivity index (χ2v) is 5.36. The molecule has 0 radical (unpaired) electrons. The average Bonchev–Trinajstić information content (AvgIpc) is 3.01. The number of amides is 1. The van der Waals surface area contributed by atoms with Crippen LogP contribution in [0.15, 0.2) is 66.9 Å². The monoisotopic (exact) mass is 286 g/mol. The van der Waals surface area contributed by atoms with E-state index in [0.717, 1.165) is 27.4 Å². The Morgan fingerprint density at radius 3 is 2.59 bits per heavy atom. The van der Waals surface area contributed by atoms with Gasteiger partial charge in [0.2, 0.25) is 0 Å². The van der Waals surface area contributed by atoms with Crippen molar-refractivity contribution in [2.45, 2.75) is 0 Å². The highest BCUT2D eigenvalue weighted by Crippen LogP contribution is 2.32. The summed E-state index contributed by atoms with van der Waals surface area (Å²) in [6.45, 7) is 0. The number of benzene rings is 3. The molecule has 0 aliphatic heterocycles. The first-order chi connectivity index (χ1) is 10.7. The summed E-state index contributed by atoms with van der Waals surface area (Å²) < 4.78 is 0. The minimum atomic E-state index is -0.422. The second kappa shape index (κ2) is 4.74. The number of primary amides is 1. The zero-order valence-electron chi connectivity index (χ0n) is 11.8. The molecule has 106 valence electrons. The van der Waals surface area contributed by atoms with Crippen LogP contribution in [0.1, 0.15) is 10.4 Å². The van der Waals surface area contributed by atoms with Crippen molar-refractivity contribution in [1.82, 2.24) is 4.98 Å². The van der Waals surface area contributed by atoms with Gasteiger partial charge >= 0.3 is 0 Å². The van der Waals surface area contributed by atoms with Crippen LogP contribution in [-0.4, -0.2) is 10.9 Å². The van der Waals surface area contributed by atoms with Gasteiger partial charge in [0.05, 0.1) is 11.1 Å². The predicted molar refractivity (Wildman–Crippen MR) is 89.8 cm³/mol. The summed E-state index contributed by atoms with van der Waals surface area (Å²) in [6, 6.07) is 20.3. The number of aromatic amines is 1. The summed E-state index contributed by atoms with van der Waals surface area (Å²) in [5, 5.41) is 3.32. The number of fused-ring (bicyclic) bond motifs is 2. The maximum absolute atomic E-state index is 11.8. The fourth-order valence-electron chi connectivity index (χ4n) is 3.00. The molecule has 3 N–H and O–H groups in total. The van der Waals surface area contributed by atoms with Gasteiger partial charge in [-0.2, -0.15) is 0 Å². The fourth-order valence-corrected chi connectivity index (χ4v) is 3.00. The SMILES string of the molecule is NC(=O)c1cc(-c2cccc3ccccc23)cc2cc[nH]c12. The third-order valence-electron chi connectivity index (χ3n) is 4.03. The maximum Gasteiger partial charge on any atom is 0.250 e. The average molecular weight is 286 g/mol. The molecule has 3 aromatic carbocycles. The van der Waals surface area contributed by atoms with Gasteiger partial charge in [-0.25, -0.2) is 0 Å². The molecule has 0 fully saturated rings. The minimum absolute atomic E-state index is 0.422. The Balaban J connectivity index is 2.06. The third kappa shape index (κ3) is 1.87. The summed E-state index contributed by atoms with van der Waals surface area (Å²) in [7, 11) is 0. The number of rotatable bonds is 2. The Morgan fingerprint density at radius 1 is 0.909 bits per heavy atom. The summed E-state index contributed by atoms with van der Waals surface area (Å²) in [6.07, 6.45) is 1.82. The van der Waals surface area contributed by atoms with E-state index in [1.54, 1.807) is 0 Å². The standard InChI is InChI=1S/C19H14N2O/c20-19(22)17-11-14(10-13-8-9-21-18(13)17)16-7-3-5-12-4-1-2-6-15(12)16/h1-11,21H,(H2,20,22). The quantitative estimate of drug-likeness (QED) is 0.573. The number of nitrogens with one attached hydrogen (secondary N) is 1. The summed E-state index contributed by atoms with van der Waals surface area (Å²) in [5.41, 5.74) is 8.95. The molecule has 0 spiro atoms. The van der Waals surface area contributed by atoms with Crippen LogP contribution >= 0.6 is 0 Å². The highest BCUT2D eigenvalue weighted by molar-refractivity contribution is 6.08. The number of hydrogen-bond acceptors (Lipinski definition) is 1. The van der Waals surface area contributed by atoms with Crippen LogP contribution in [0.5, 0.6) is 0 Å². The van der Waals surface area contributed by atoms with E-state index in [-0.39, 0.29) is 0 Å². The van der Waals surface area contributed by atoms with Gasteiger partial charge in [0.25, 0.3) is 5.91 Å².